The van der Waals surface area contributed by atoms with Crippen LogP contribution in [0, 0.1) is 13.8 Å². The van der Waals surface area contributed by atoms with Gasteiger partial charge in [-0.1, -0.05) is 103 Å². The smallest absolute Gasteiger partial charge is 0.264 e. The number of sulfonamides is 1. The van der Waals surface area contributed by atoms with Crippen LogP contribution < -0.4 is 9.62 Å². The van der Waals surface area contributed by atoms with E-state index in [0.29, 0.717) is 21.3 Å². The minimum absolute atomic E-state index is 0.00407. The van der Waals surface area contributed by atoms with Gasteiger partial charge in [0.1, 0.15) is 12.6 Å². The average Bonchev–Trinajstić information content (AvgIpc) is 3.07. The van der Waals surface area contributed by atoms with Crippen LogP contribution in [-0.2, 0) is 32.6 Å². The number of aryl methyl sites for hydroxylation is 2. The number of hydrogen-bond donors (Lipinski definition) is 1. The molecule has 4 aromatic rings. The number of nitrogens with zero attached hydrogens (tertiary/aromatic N) is 2. The molecule has 1 aliphatic rings. The molecule has 7 nitrogen and oxygen atoms in total. The van der Waals surface area contributed by atoms with Gasteiger partial charge < -0.3 is 10.2 Å². The van der Waals surface area contributed by atoms with Crippen LogP contribution in [0.15, 0.2) is 102 Å². The van der Waals surface area contributed by atoms with Crippen molar-refractivity contribution in [2.75, 3.05) is 10.8 Å². The van der Waals surface area contributed by atoms with Crippen molar-refractivity contribution in [3.05, 3.63) is 129 Å². The van der Waals surface area contributed by atoms with Gasteiger partial charge >= 0.3 is 0 Å². The third-order valence-corrected chi connectivity index (χ3v) is 11.2. The lowest BCUT2D eigenvalue weighted by Crippen LogP contribution is -2.55. The zero-order chi connectivity index (χ0) is 34.3. The highest BCUT2D eigenvalue weighted by Crippen LogP contribution is 2.30. The van der Waals surface area contributed by atoms with E-state index in [1.165, 1.54) is 17.0 Å². The molecule has 0 aliphatic heterocycles. The summed E-state index contributed by atoms with van der Waals surface area (Å²) in [5.41, 5.74) is 3.37. The van der Waals surface area contributed by atoms with Crippen LogP contribution in [0.5, 0.6) is 0 Å². The SMILES string of the molecule is Cc1cc(C)cc(N(CC(=O)N(Cc2c(Cl)cccc2Cl)C(Cc2ccccc2)C(=O)NC2CCCCC2)S(=O)(=O)c2ccccc2)c1. The standard InChI is InChI=1S/C38H41Cl2N3O4S/c1-27-21-28(2)23-31(22-27)43(48(46,47)32-17-10-5-11-18-32)26-37(44)42(25-33-34(39)19-12-20-35(33)40)36(24-29-13-6-3-7-14-29)38(45)41-30-15-8-4-9-16-30/h3,5-7,10-14,17-23,30,36H,4,8-9,15-16,24-26H2,1-2H3,(H,41,45). The summed E-state index contributed by atoms with van der Waals surface area (Å²) < 4.78 is 29.7. The maximum atomic E-state index is 14.8. The molecule has 48 heavy (non-hydrogen) atoms. The van der Waals surface area contributed by atoms with Gasteiger partial charge in [-0.3, -0.25) is 13.9 Å². The Labute approximate surface area is 293 Å². The lowest BCUT2D eigenvalue weighted by atomic mass is 9.94. The van der Waals surface area contributed by atoms with Crippen molar-refractivity contribution < 1.29 is 18.0 Å². The Morgan fingerprint density at radius 2 is 1.40 bits per heavy atom. The molecule has 0 bridgehead atoms. The third kappa shape index (κ3) is 8.78. The first-order chi connectivity index (χ1) is 23.0. The lowest BCUT2D eigenvalue weighted by molar-refractivity contribution is -0.140. The summed E-state index contributed by atoms with van der Waals surface area (Å²) in [6, 6.07) is 27.0. The maximum Gasteiger partial charge on any atom is 0.264 e. The number of rotatable bonds is 12. The molecule has 0 spiro atoms. The summed E-state index contributed by atoms with van der Waals surface area (Å²) in [6.45, 7) is 3.11. The topological polar surface area (TPSA) is 86.8 Å². The van der Waals surface area contributed by atoms with Crippen LogP contribution in [0.1, 0.15) is 54.4 Å². The first kappa shape index (κ1) is 35.5. The molecular formula is C38H41Cl2N3O4S. The van der Waals surface area contributed by atoms with Gasteiger partial charge in [0.2, 0.25) is 11.8 Å². The summed E-state index contributed by atoms with van der Waals surface area (Å²) in [4.78, 5) is 30.6. The highest BCUT2D eigenvalue weighted by Gasteiger charge is 2.36. The molecule has 4 aromatic carbocycles. The molecule has 1 fully saturated rings. The van der Waals surface area contributed by atoms with Gasteiger partial charge in [-0.2, -0.15) is 0 Å². The van der Waals surface area contributed by atoms with Crippen molar-refractivity contribution in [3.8, 4) is 0 Å². The van der Waals surface area contributed by atoms with E-state index in [0.717, 1.165) is 53.1 Å². The van der Waals surface area contributed by atoms with Gasteiger partial charge in [-0.25, -0.2) is 8.42 Å². The van der Waals surface area contributed by atoms with E-state index in [-0.39, 0.29) is 29.8 Å². The summed E-state index contributed by atoms with van der Waals surface area (Å²) in [5, 5.41) is 3.90. The molecule has 1 saturated carbocycles. The molecule has 2 amide bonds. The largest absolute Gasteiger partial charge is 0.352 e. The predicted octanol–water partition coefficient (Wildman–Crippen LogP) is 7.89. The third-order valence-electron chi connectivity index (χ3n) is 8.72. The molecule has 1 atom stereocenters. The summed E-state index contributed by atoms with van der Waals surface area (Å²) >= 11 is 13.3. The molecular weight excluding hydrogens is 665 g/mol. The number of carbonyl (C=O) groups excluding carboxylic acids is 2. The van der Waals surface area contributed by atoms with E-state index >= 15 is 0 Å². The van der Waals surface area contributed by atoms with E-state index in [1.807, 2.05) is 50.2 Å². The molecule has 0 saturated heterocycles. The predicted molar refractivity (Wildman–Crippen MR) is 193 cm³/mol. The van der Waals surface area contributed by atoms with Crippen LogP contribution in [0.4, 0.5) is 5.69 Å². The molecule has 1 unspecified atom stereocenters. The Morgan fingerprint density at radius 1 is 0.812 bits per heavy atom. The zero-order valence-corrected chi connectivity index (χ0v) is 29.6. The second-order valence-corrected chi connectivity index (χ2v) is 15.1. The number of amides is 2. The van der Waals surface area contributed by atoms with Gasteiger partial charge in [-0.05, 0) is 79.8 Å². The van der Waals surface area contributed by atoms with Crippen LogP contribution in [0.2, 0.25) is 10.0 Å². The fourth-order valence-corrected chi connectivity index (χ4v) is 8.23. The highest BCUT2D eigenvalue weighted by atomic mass is 35.5. The first-order valence-electron chi connectivity index (χ1n) is 16.3. The lowest BCUT2D eigenvalue weighted by Gasteiger charge is -2.35. The van der Waals surface area contributed by atoms with Crippen molar-refractivity contribution in [2.45, 2.75) is 75.9 Å². The molecule has 0 heterocycles. The number of benzene rings is 4. The number of halogens is 2. The molecule has 0 aromatic heterocycles. The first-order valence-corrected chi connectivity index (χ1v) is 18.5. The van der Waals surface area contributed by atoms with Crippen molar-refractivity contribution >= 4 is 50.7 Å². The minimum Gasteiger partial charge on any atom is -0.352 e. The van der Waals surface area contributed by atoms with Gasteiger partial charge in [0, 0.05) is 34.6 Å². The molecule has 1 aliphatic carbocycles. The van der Waals surface area contributed by atoms with Gasteiger partial charge in [-0.15, -0.1) is 0 Å². The molecule has 252 valence electrons. The number of anilines is 1. The molecule has 5 rings (SSSR count). The number of carbonyl (C=O) groups is 2. The van der Waals surface area contributed by atoms with Crippen molar-refractivity contribution in [1.29, 1.82) is 0 Å². The Kier molecular flexibility index (Phi) is 11.8. The zero-order valence-electron chi connectivity index (χ0n) is 27.2. The van der Waals surface area contributed by atoms with E-state index < -0.39 is 28.5 Å². The number of hydrogen-bond acceptors (Lipinski definition) is 4. The van der Waals surface area contributed by atoms with Crippen molar-refractivity contribution in [1.82, 2.24) is 10.2 Å². The summed E-state index contributed by atoms with van der Waals surface area (Å²) in [5.74, 6) is -0.865. The Balaban J connectivity index is 1.60. The van der Waals surface area contributed by atoms with Crippen molar-refractivity contribution in [2.24, 2.45) is 0 Å². The minimum atomic E-state index is -4.20. The van der Waals surface area contributed by atoms with E-state index in [1.54, 1.807) is 48.5 Å². The Morgan fingerprint density at radius 3 is 2.00 bits per heavy atom. The van der Waals surface area contributed by atoms with E-state index in [4.69, 9.17) is 23.2 Å². The highest BCUT2D eigenvalue weighted by molar-refractivity contribution is 7.92. The van der Waals surface area contributed by atoms with Gasteiger partial charge in [0.05, 0.1) is 10.6 Å². The molecule has 1 N–H and O–H groups in total. The van der Waals surface area contributed by atoms with E-state index in [9.17, 15) is 18.0 Å². The summed E-state index contributed by atoms with van der Waals surface area (Å²) in [7, 11) is -4.20. The Bertz CT molecular complexity index is 1790. The average molecular weight is 707 g/mol. The fourth-order valence-electron chi connectivity index (χ4n) is 6.30. The quantitative estimate of drug-likeness (QED) is 0.162. The van der Waals surface area contributed by atoms with Gasteiger partial charge in [0.15, 0.2) is 0 Å². The van der Waals surface area contributed by atoms with Crippen LogP contribution in [0.3, 0.4) is 0 Å². The van der Waals surface area contributed by atoms with Crippen LogP contribution in [-0.4, -0.2) is 43.8 Å². The van der Waals surface area contributed by atoms with Gasteiger partial charge in [0.25, 0.3) is 10.0 Å². The fraction of sp³-hybridized carbons (Fsp3) is 0.316. The number of nitrogens with one attached hydrogen (secondary N) is 1. The molecule has 10 heteroatoms. The van der Waals surface area contributed by atoms with Crippen LogP contribution >= 0.6 is 23.2 Å². The monoisotopic (exact) mass is 705 g/mol. The van der Waals surface area contributed by atoms with Crippen LogP contribution in [0.25, 0.3) is 0 Å². The second kappa shape index (κ2) is 16.0. The second-order valence-electron chi connectivity index (χ2n) is 12.4. The van der Waals surface area contributed by atoms with E-state index in [2.05, 4.69) is 5.32 Å². The van der Waals surface area contributed by atoms with Crippen molar-refractivity contribution in [3.63, 3.8) is 0 Å². The molecule has 0 radical (unpaired) electrons. The summed E-state index contributed by atoms with van der Waals surface area (Å²) in [6.07, 6.45) is 5.11. The Hall–Kier alpha value is -3.85. The normalized spacial score (nSPS) is 14.2. The maximum absolute atomic E-state index is 14.8.